The molecule has 0 fully saturated rings. The molecule has 4 rings (SSSR count). The lowest BCUT2D eigenvalue weighted by molar-refractivity contribution is -0.136. The van der Waals surface area contributed by atoms with Crippen molar-refractivity contribution in [3.05, 3.63) is 59.9 Å². The predicted molar refractivity (Wildman–Crippen MR) is 98.9 cm³/mol. The van der Waals surface area contributed by atoms with E-state index in [0.717, 1.165) is 17.8 Å². The number of carboxylic acids is 1. The number of carbonyl (C=O) groups excluding carboxylic acids is 1. The van der Waals surface area contributed by atoms with E-state index in [2.05, 4.69) is 15.2 Å². The molecule has 0 saturated heterocycles. The van der Waals surface area contributed by atoms with Gasteiger partial charge in [0.2, 0.25) is 0 Å². The average Bonchev–Trinajstić information content (AvgIpc) is 3.32. The van der Waals surface area contributed by atoms with E-state index >= 15 is 0 Å². The second-order valence-corrected chi connectivity index (χ2v) is 6.68. The molecule has 3 heterocycles. The van der Waals surface area contributed by atoms with Crippen molar-refractivity contribution in [2.45, 2.75) is 32.4 Å². The Kier molecular flexibility index (Phi) is 4.88. The van der Waals surface area contributed by atoms with E-state index in [1.54, 1.807) is 22.0 Å². The molecule has 144 valence electrons. The summed E-state index contributed by atoms with van der Waals surface area (Å²) in [4.78, 5) is 29.8. The van der Waals surface area contributed by atoms with Crippen LogP contribution in [0.4, 0.5) is 0 Å². The third-order valence-corrected chi connectivity index (χ3v) is 4.75. The molecular formula is C19H20N6O3. The molecule has 0 saturated carbocycles. The van der Waals surface area contributed by atoms with E-state index in [-0.39, 0.29) is 12.3 Å². The Balaban J connectivity index is 1.57. The van der Waals surface area contributed by atoms with E-state index in [4.69, 9.17) is 5.11 Å². The number of para-hydroxylation sites is 1. The van der Waals surface area contributed by atoms with Gasteiger partial charge in [-0.15, -0.1) is 0 Å². The quantitative estimate of drug-likeness (QED) is 0.719. The third kappa shape index (κ3) is 3.64. The Morgan fingerprint density at radius 2 is 2.04 bits per heavy atom. The summed E-state index contributed by atoms with van der Waals surface area (Å²) >= 11 is 0. The predicted octanol–water partition coefficient (Wildman–Crippen LogP) is 1.53. The largest absolute Gasteiger partial charge is 0.481 e. The minimum atomic E-state index is -0.843. The fraction of sp³-hybridized carbons (Fsp3) is 0.316. The zero-order valence-electron chi connectivity index (χ0n) is 15.2. The summed E-state index contributed by atoms with van der Waals surface area (Å²) in [6.45, 7) is 1.76. The van der Waals surface area contributed by atoms with Crippen LogP contribution in [0.5, 0.6) is 0 Å². The number of carboxylic acid groups (broad SMARTS) is 1. The minimum Gasteiger partial charge on any atom is -0.481 e. The van der Waals surface area contributed by atoms with Crippen LogP contribution in [0.3, 0.4) is 0 Å². The molecule has 0 atom stereocenters. The Morgan fingerprint density at radius 3 is 2.82 bits per heavy atom. The van der Waals surface area contributed by atoms with Crippen molar-refractivity contribution in [1.29, 1.82) is 0 Å². The molecule has 1 aliphatic rings. The highest BCUT2D eigenvalue weighted by Gasteiger charge is 2.24. The first-order valence-electron chi connectivity index (χ1n) is 9.12. The number of amides is 1. The van der Waals surface area contributed by atoms with Crippen molar-refractivity contribution >= 4 is 11.9 Å². The van der Waals surface area contributed by atoms with Crippen molar-refractivity contribution in [3.8, 4) is 5.69 Å². The van der Waals surface area contributed by atoms with Crippen LogP contribution in [0.25, 0.3) is 5.69 Å². The maximum atomic E-state index is 13.3. The summed E-state index contributed by atoms with van der Waals surface area (Å²) in [5.41, 5.74) is 2.91. The summed E-state index contributed by atoms with van der Waals surface area (Å²) in [5.74, 6) is -0.919. The van der Waals surface area contributed by atoms with Gasteiger partial charge in [-0.05, 0) is 24.6 Å². The maximum Gasteiger partial charge on any atom is 0.303 e. The van der Waals surface area contributed by atoms with Crippen molar-refractivity contribution in [2.75, 3.05) is 6.54 Å². The number of nitrogens with zero attached hydrogens (tertiary/aromatic N) is 6. The second-order valence-electron chi connectivity index (χ2n) is 6.68. The zero-order valence-corrected chi connectivity index (χ0v) is 15.2. The molecule has 0 radical (unpaired) electrons. The molecule has 1 amide bonds. The maximum absolute atomic E-state index is 13.3. The van der Waals surface area contributed by atoms with Gasteiger partial charge in [-0.25, -0.2) is 9.67 Å². The highest BCUT2D eigenvalue weighted by Crippen LogP contribution is 2.20. The Bertz CT molecular complexity index is 995. The molecule has 0 aliphatic carbocycles. The molecule has 1 N–H and O–H groups in total. The number of carbonyl (C=O) groups is 2. The minimum absolute atomic E-state index is 0.0460. The van der Waals surface area contributed by atoms with Gasteiger partial charge in [0.15, 0.2) is 0 Å². The van der Waals surface area contributed by atoms with Crippen LogP contribution >= 0.6 is 0 Å². The van der Waals surface area contributed by atoms with E-state index in [0.29, 0.717) is 37.3 Å². The average molecular weight is 380 g/mol. The van der Waals surface area contributed by atoms with Crippen molar-refractivity contribution < 1.29 is 14.7 Å². The zero-order chi connectivity index (χ0) is 19.5. The summed E-state index contributed by atoms with van der Waals surface area (Å²) in [6.07, 6.45) is 4.22. The van der Waals surface area contributed by atoms with Crippen LogP contribution in [0, 0.1) is 0 Å². The van der Waals surface area contributed by atoms with Gasteiger partial charge in [-0.1, -0.05) is 12.1 Å². The summed E-state index contributed by atoms with van der Waals surface area (Å²) < 4.78 is 3.47. The molecule has 1 aromatic carbocycles. The van der Waals surface area contributed by atoms with Crippen LogP contribution in [-0.4, -0.2) is 53.0 Å². The molecule has 9 nitrogen and oxygen atoms in total. The van der Waals surface area contributed by atoms with E-state index in [1.165, 1.54) is 6.33 Å². The molecular weight excluding hydrogens is 360 g/mol. The van der Waals surface area contributed by atoms with Gasteiger partial charge >= 0.3 is 5.97 Å². The highest BCUT2D eigenvalue weighted by atomic mass is 16.4. The fourth-order valence-corrected chi connectivity index (χ4v) is 3.41. The number of hydrogen-bond acceptors (Lipinski definition) is 5. The van der Waals surface area contributed by atoms with E-state index < -0.39 is 5.97 Å². The van der Waals surface area contributed by atoms with Gasteiger partial charge in [-0.2, -0.15) is 10.2 Å². The molecule has 0 unspecified atom stereocenters. The molecule has 28 heavy (non-hydrogen) atoms. The Labute approximate surface area is 161 Å². The molecule has 0 bridgehead atoms. The van der Waals surface area contributed by atoms with Gasteiger partial charge in [0.05, 0.1) is 35.6 Å². The van der Waals surface area contributed by atoms with Gasteiger partial charge in [0.25, 0.3) is 5.91 Å². The first kappa shape index (κ1) is 17.9. The Morgan fingerprint density at radius 1 is 1.18 bits per heavy atom. The van der Waals surface area contributed by atoms with Gasteiger partial charge in [-0.3, -0.25) is 14.3 Å². The van der Waals surface area contributed by atoms with Crippen molar-refractivity contribution in [2.24, 2.45) is 0 Å². The number of aryl methyl sites for hydroxylation is 2. The highest BCUT2D eigenvalue weighted by molar-refractivity contribution is 5.97. The first-order valence-corrected chi connectivity index (χ1v) is 9.12. The van der Waals surface area contributed by atoms with Crippen molar-refractivity contribution in [1.82, 2.24) is 29.4 Å². The van der Waals surface area contributed by atoms with Crippen LogP contribution in [-0.2, 0) is 24.3 Å². The normalized spacial score (nSPS) is 13.8. The summed E-state index contributed by atoms with van der Waals surface area (Å²) in [6, 6.07) is 9.23. The fourth-order valence-electron chi connectivity index (χ4n) is 3.41. The topological polar surface area (TPSA) is 106 Å². The summed E-state index contributed by atoms with van der Waals surface area (Å²) in [7, 11) is 0. The lowest BCUT2D eigenvalue weighted by atomic mass is 10.1. The van der Waals surface area contributed by atoms with Gasteiger partial charge in [0, 0.05) is 19.5 Å². The number of aliphatic carboxylic acids is 1. The summed E-state index contributed by atoms with van der Waals surface area (Å²) in [5, 5.41) is 17.5. The molecule has 9 heteroatoms. The van der Waals surface area contributed by atoms with Crippen LogP contribution < -0.4 is 0 Å². The molecule has 0 spiro atoms. The van der Waals surface area contributed by atoms with Gasteiger partial charge in [0.1, 0.15) is 12.7 Å². The van der Waals surface area contributed by atoms with E-state index in [1.807, 2.05) is 28.9 Å². The lowest BCUT2D eigenvalue weighted by Gasteiger charge is -2.21. The van der Waals surface area contributed by atoms with Crippen LogP contribution in [0.1, 0.15) is 34.6 Å². The SMILES string of the molecule is O=C(O)CCc1cc2n(n1)CCCN(C(=O)c1ccccc1-n1cncn1)C2. The third-order valence-electron chi connectivity index (χ3n) is 4.75. The van der Waals surface area contributed by atoms with Crippen LogP contribution in [0.2, 0.25) is 0 Å². The van der Waals surface area contributed by atoms with E-state index in [9.17, 15) is 9.59 Å². The standard InChI is InChI=1S/C19H20N6O3/c26-18(27)7-6-14-10-15-11-23(8-3-9-24(15)22-14)19(28)16-4-1-2-5-17(16)25-13-20-12-21-25/h1-2,4-5,10,12-13H,3,6-9,11H2,(H,26,27). The monoisotopic (exact) mass is 380 g/mol. The van der Waals surface area contributed by atoms with Gasteiger partial charge < -0.3 is 10.0 Å². The smallest absolute Gasteiger partial charge is 0.303 e. The van der Waals surface area contributed by atoms with Crippen molar-refractivity contribution in [3.63, 3.8) is 0 Å². The van der Waals surface area contributed by atoms with Crippen LogP contribution in [0.15, 0.2) is 43.0 Å². The second kappa shape index (κ2) is 7.63. The Hall–Kier alpha value is -3.49. The first-order chi connectivity index (χ1) is 13.6. The molecule has 1 aliphatic heterocycles. The number of aromatic nitrogens is 5. The molecule has 3 aromatic rings. The number of fused-ring (bicyclic) bond motifs is 1. The molecule has 2 aromatic heterocycles. The number of hydrogen-bond donors (Lipinski definition) is 1. The number of rotatable bonds is 5. The lowest BCUT2D eigenvalue weighted by Crippen LogP contribution is -2.31. The number of benzene rings is 1.